The first-order valence-electron chi connectivity index (χ1n) is 6.99. The molecule has 1 heterocycles. The molecule has 2 N–H and O–H groups in total. The van der Waals surface area contributed by atoms with Gasteiger partial charge in [0.1, 0.15) is 11.4 Å². The highest BCUT2D eigenvalue weighted by Crippen LogP contribution is 2.28. The van der Waals surface area contributed by atoms with E-state index in [0.717, 1.165) is 23.4 Å². The van der Waals surface area contributed by atoms with Crippen LogP contribution in [-0.2, 0) is 0 Å². The Morgan fingerprint density at radius 2 is 1.90 bits per heavy atom. The molecule has 0 fully saturated rings. The topological polar surface area (TPSA) is 55.5 Å². The van der Waals surface area contributed by atoms with Crippen LogP contribution in [0.4, 0.5) is 0 Å². The van der Waals surface area contributed by atoms with Gasteiger partial charge < -0.3 is 5.73 Å². The van der Waals surface area contributed by atoms with E-state index in [9.17, 15) is 4.79 Å². The first kappa shape index (κ1) is 17.6. The standard InChI is InChI=1S/C14H17N2O.C2H6ClN/c1-4-13-11(2)15-10-16(13,3)14(17)12-8-6-5-7-9-12;3-1-2-4/h5-10H,4H2,1-3H3;1-2,4H2/q+1;. The quantitative estimate of drug-likeness (QED) is 0.689. The fourth-order valence-electron chi connectivity index (χ4n) is 2.29. The van der Waals surface area contributed by atoms with Gasteiger partial charge >= 0.3 is 5.91 Å². The Bertz CT molecular complexity index is 538. The Labute approximate surface area is 131 Å². The van der Waals surface area contributed by atoms with Crippen molar-refractivity contribution >= 4 is 23.8 Å². The van der Waals surface area contributed by atoms with Gasteiger partial charge in [-0.3, -0.25) is 0 Å². The monoisotopic (exact) mass is 308 g/mol. The molecule has 0 spiro atoms. The van der Waals surface area contributed by atoms with Crippen molar-refractivity contribution in [1.82, 2.24) is 0 Å². The summed E-state index contributed by atoms with van der Waals surface area (Å²) in [7, 11) is 1.90. The van der Waals surface area contributed by atoms with E-state index in [4.69, 9.17) is 17.3 Å². The van der Waals surface area contributed by atoms with Crippen molar-refractivity contribution in [3.05, 3.63) is 47.3 Å². The molecule has 1 aromatic carbocycles. The van der Waals surface area contributed by atoms with Crippen LogP contribution in [0.2, 0.25) is 0 Å². The number of aliphatic imine (C=N–C) groups is 1. The number of hydrogen-bond donors (Lipinski definition) is 1. The fourth-order valence-corrected chi connectivity index (χ4v) is 2.29. The molecule has 0 radical (unpaired) electrons. The molecular weight excluding hydrogens is 286 g/mol. The minimum Gasteiger partial charge on any atom is -0.329 e. The maximum absolute atomic E-state index is 12.5. The number of quaternary nitrogens is 1. The van der Waals surface area contributed by atoms with Crippen molar-refractivity contribution < 1.29 is 9.28 Å². The van der Waals surface area contributed by atoms with Crippen LogP contribution in [0, 0.1) is 0 Å². The lowest BCUT2D eigenvalue weighted by Crippen LogP contribution is -2.45. The number of nitrogens with two attached hydrogens (primary N) is 1. The number of rotatable bonds is 3. The number of alkyl halides is 1. The Kier molecular flexibility index (Phi) is 6.75. The van der Waals surface area contributed by atoms with Crippen LogP contribution < -0.4 is 5.73 Å². The van der Waals surface area contributed by atoms with E-state index < -0.39 is 0 Å². The number of carbonyl (C=O) groups is 1. The maximum atomic E-state index is 12.5. The second-order valence-corrected chi connectivity index (χ2v) is 5.23. The Balaban J connectivity index is 0.000000491. The van der Waals surface area contributed by atoms with Gasteiger partial charge in [-0.1, -0.05) is 25.1 Å². The number of nitrogens with zero attached hydrogens (tertiary/aromatic N) is 2. The molecule has 0 aromatic heterocycles. The van der Waals surface area contributed by atoms with Gasteiger partial charge in [0.25, 0.3) is 0 Å². The molecule has 1 atom stereocenters. The zero-order chi connectivity index (χ0) is 15.9. The number of halogens is 1. The van der Waals surface area contributed by atoms with Crippen molar-refractivity contribution in [2.75, 3.05) is 19.5 Å². The normalized spacial score (nSPS) is 20.2. The van der Waals surface area contributed by atoms with Gasteiger partial charge in [0.2, 0.25) is 6.34 Å². The lowest BCUT2D eigenvalue weighted by Gasteiger charge is -2.24. The summed E-state index contributed by atoms with van der Waals surface area (Å²) in [6, 6.07) is 9.38. The molecule has 114 valence electrons. The third kappa shape index (κ3) is 4.00. The summed E-state index contributed by atoms with van der Waals surface area (Å²) < 4.78 is 0.173. The molecule has 0 aliphatic carbocycles. The lowest BCUT2D eigenvalue weighted by molar-refractivity contribution is -0.682. The molecule has 1 aromatic rings. The van der Waals surface area contributed by atoms with Crippen LogP contribution in [-0.4, -0.2) is 36.2 Å². The van der Waals surface area contributed by atoms with E-state index in [1.807, 2.05) is 44.3 Å². The third-order valence-corrected chi connectivity index (χ3v) is 3.57. The van der Waals surface area contributed by atoms with Crippen molar-refractivity contribution in [2.24, 2.45) is 10.7 Å². The third-order valence-electron chi connectivity index (χ3n) is 3.35. The van der Waals surface area contributed by atoms with E-state index >= 15 is 0 Å². The van der Waals surface area contributed by atoms with Gasteiger partial charge in [0.05, 0.1) is 12.6 Å². The SMILES string of the molecule is CCC1=C(C)N=C[N+]1(C)C(=O)c1ccccc1.NCCCl. The summed E-state index contributed by atoms with van der Waals surface area (Å²) in [4.78, 5) is 16.8. The van der Waals surface area contributed by atoms with Crippen LogP contribution >= 0.6 is 11.6 Å². The Morgan fingerprint density at radius 3 is 2.38 bits per heavy atom. The summed E-state index contributed by atoms with van der Waals surface area (Å²) in [5, 5.41) is 0. The summed E-state index contributed by atoms with van der Waals surface area (Å²) in [5.41, 5.74) is 7.65. The van der Waals surface area contributed by atoms with E-state index in [0.29, 0.717) is 12.4 Å². The lowest BCUT2D eigenvalue weighted by atomic mass is 10.1. The van der Waals surface area contributed by atoms with Crippen LogP contribution in [0.5, 0.6) is 0 Å². The smallest absolute Gasteiger partial charge is 0.329 e. The summed E-state index contributed by atoms with van der Waals surface area (Å²) >= 11 is 5.06. The largest absolute Gasteiger partial charge is 0.356 e. The van der Waals surface area contributed by atoms with Crippen LogP contribution in [0.15, 0.2) is 46.7 Å². The van der Waals surface area contributed by atoms with Gasteiger partial charge in [0.15, 0.2) is 0 Å². The van der Waals surface area contributed by atoms with E-state index in [-0.39, 0.29) is 10.4 Å². The minimum atomic E-state index is 0.0723. The number of benzene rings is 1. The van der Waals surface area contributed by atoms with Gasteiger partial charge in [-0.25, -0.2) is 9.79 Å². The van der Waals surface area contributed by atoms with Gasteiger partial charge in [0, 0.05) is 18.8 Å². The van der Waals surface area contributed by atoms with Gasteiger partial charge in [-0.2, -0.15) is 4.48 Å². The molecule has 0 bridgehead atoms. The van der Waals surface area contributed by atoms with Crippen molar-refractivity contribution in [3.8, 4) is 0 Å². The minimum absolute atomic E-state index is 0.0723. The highest BCUT2D eigenvalue weighted by atomic mass is 35.5. The predicted octanol–water partition coefficient (Wildman–Crippen LogP) is 3.14. The zero-order valence-corrected chi connectivity index (χ0v) is 13.6. The van der Waals surface area contributed by atoms with Gasteiger partial charge in [-0.15, -0.1) is 11.6 Å². The molecule has 5 heteroatoms. The fraction of sp³-hybridized carbons (Fsp3) is 0.375. The summed E-state index contributed by atoms with van der Waals surface area (Å²) in [6.45, 7) is 4.60. The van der Waals surface area contributed by atoms with Crippen molar-refractivity contribution in [2.45, 2.75) is 20.3 Å². The second kappa shape index (κ2) is 8.08. The molecule has 0 saturated heterocycles. The number of hydrogen-bond acceptors (Lipinski definition) is 3. The molecule has 4 nitrogen and oxygen atoms in total. The van der Waals surface area contributed by atoms with Gasteiger partial charge in [-0.05, 0) is 19.1 Å². The molecule has 1 aliphatic heterocycles. The first-order chi connectivity index (χ1) is 10.0. The van der Waals surface area contributed by atoms with Crippen LogP contribution in [0.1, 0.15) is 30.6 Å². The molecule has 2 rings (SSSR count). The van der Waals surface area contributed by atoms with Crippen molar-refractivity contribution in [1.29, 1.82) is 0 Å². The first-order valence-corrected chi connectivity index (χ1v) is 7.52. The van der Waals surface area contributed by atoms with Crippen molar-refractivity contribution in [3.63, 3.8) is 0 Å². The second-order valence-electron chi connectivity index (χ2n) is 4.85. The predicted molar refractivity (Wildman–Crippen MR) is 88.2 cm³/mol. The van der Waals surface area contributed by atoms with E-state index in [2.05, 4.69) is 11.9 Å². The number of carbonyl (C=O) groups excluding carboxylic acids is 1. The molecule has 21 heavy (non-hydrogen) atoms. The highest BCUT2D eigenvalue weighted by Gasteiger charge is 2.40. The number of allylic oxidation sites excluding steroid dienone is 2. The van der Waals surface area contributed by atoms with Crippen LogP contribution in [0.3, 0.4) is 0 Å². The summed E-state index contributed by atoms with van der Waals surface area (Å²) in [5.74, 6) is 0.642. The molecule has 1 aliphatic rings. The Hall–Kier alpha value is -1.49. The summed E-state index contributed by atoms with van der Waals surface area (Å²) in [6.07, 6.45) is 2.56. The molecule has 1 amide bonds. The average Bonchev–Trinajstić information content (AvgIpc) is 2.83. The molecular formula is C16H23ClN3O+. The average molecular weight is 309 g/mol. The van der Waals surface area contributed by atoms with E-state index in [1.165, 1.54) is 0 Å². The number of amides is 1. The Morgan fingerprint density at radius 1 is 1.33 bits per heavy atom. The zero-order valence-electron chi connectivity index (χ0n) is 12.8. The molecule has 1 unspecified atom stereocenters. The van der Waals surface area contributed by atoms with E-state index in [1.54, 1.807) is 6.34 Å². The maximum Gasteiger partial charge on any atom is 0.356 e. The highest BCUT2D eigenvalue weighted by molar-refractivity contribution is 6.18. The molecule has 0 saturated carbocycles. The van der Waals surface area contributed by atoms with Crippen LogP contribution in [0.25, 0.3) is 0 Å².